The summed E-state index contributed by atoms with van der Waals surface area (Å²) in [6.45, 7) is 0.444. The van der Waals surface area contributed by atoms with Gasteiger partial charge in [0.2, 0.25) is 0 Å². The Labute approximate surface area is 76.5 Å². The van der Waals surface area contributed by atoms with E-state index in [1.54, 1.807) is 0 Å². The predicted octanol–water partition coefficient (Wildman–Crippen LogP) is 0.673. The molecule has 1 atom stereocenters. The first-order chi connectivity index (χ1) is 6.15. The number of hydrogen-bond donors (Lipinski definition) is 2. The Morgan fingerprint density at radius 1 is 1.62 bits per heavy atom. The number of likely N-dealkylation sites (tertiary alicyclic amines) is 1. The van der Waals surface area contributed by atoms with E-state index in [0.29, 0.717) is 25.9 Å². The van der Waals surface area contributed by atoms with Gasteiger partial charge in [-0.1, -0.05) is 0 Å². The Morgan fingerprint density at radius 2 is 2.15 bits per heavy atom. The topological polar surface area (TPSA) is 66.6 Å². The lowest BCUT2D eigenvalue weighted by Crippen LogP contribution is -2.43. The average molecular weight is 190 g/mol. The lowest BCUT2D eigenvalue weighted by Gasteiger charge is -2.32. The molecule has 5 heteroatoms. The smallest absolute Gasteiger partial charge is 0.407 e. The van der Waals surface area contributed by atoms with Crippen LogP contribution in [-0.2, 0) is 0 Å². The molecule has 1 aliphatic heterocycles. The maximum Gasteiger partial charge on any atom is 0.407 e. The molecule has 0 spiro atoms. The minimum Gasteiger partial charge on any atom is -0.465 e. The third-order valence-corrected chi connectivity index (χ3v) is 2.59. The van der Waals surface area contributed by atoms with Gasteiger partial charge >= 0.3 is 6.09 Å². The van der Waals surface area contributed by atoms with Crippen molar-refractivity contribution in [3.63, 3.8) is 0 Å². The van der Waals surface area contributed by atoms with Crippen molar-refractivity contribution in [1.29, 1.82) is 0 Å². The van der Waals surface area contributed by atoms with E-state index >= 15 is 0 Å². The van der Waals surface area contributed by atoms with Gasteiger partial charge < -0.3 is 15.7 Å². The van der Waals surface area contributed by atoms with Crippen molar-refractivity contribution >= 4 is 6.09 Å². The number of amides is 1. The van der Waals surface area contributed by atoms with E-state index in [9.17, 15) is 9.18 Å². The monoisotopic (exact) mass is 190 g/mol. The van der Waals surface area contributed by atoms with Gasteiger partial charge in [-0.15, -0.1) is 0 Å². The zero-order chi connectivity index (χ0) is 9.84. The maximum absolute atomic E-state index is 12.2. The summed E-state index contributed by atoms with van der Waals surface area (Å²) in [5.74, 6) is 0.139. The summed E-state index contributed by atoms with van der Waals surface area (Å²) in [4.78, 5) is 11.9. The van der Waals surface area contributed by atoms with E-state index < -0.39 is 18.8 Å². The summed E-state index contributed by atoms with van der Waals surface area (Å²) >= 11 is 0. The summed E-state index contributed by atoms with van der Waals surface area (Å²) < 4.78 is 12.2. The van der Waals surface area contributed by atoms with E-state index in [1.807, 2.05) is 0 Å². The summed E-state index contributed by atoms with van der Waals surface area (Å²) in [5.41, 5.74) is 5.53. The largest absolute Gasteiger partial charge is 0.465 e. The Morgan fingerprint density at radius 3 is 2.54 bits per heavy atom. The summed E-state index contributed by atoms with van der Waals surface area (Å²) in [7, 11) is 0. The highest BCUT2D eigenvalue weighted by Crippen LogP contribution is 2.19. The van der Waals surface area contributed by atoms with Crippen LogP contribution in [0.25, 0.3) is 0 Å². The molecule has 1 rings (SSSR count). The van der Waals surface area contributed by atoms with Crippen LogP contribution in [0.4, 0.5) is 9.18 Å². The fourth-order valence-corrected chi connectivity index (χ4v) is 1.64. The van der Waals surface area contributed by atoms with Crippen molar-refractivity contribution in [1.82, 2.24) is 4.90 Å². The van der Waals surface area contributed by atoms with Gasteiger partial charge in [0, 0.05) is 19.1 Å². The molecule has 0 aliphatic carbocycles. The normalized spacial score (nSPS) is 21.5. The molecule has 3 N–H and O–H groups in total. The van der Waals surface area contributed by atoms with Crippen molar-refractivity contribution < 1.29 is 14.3 Å². The third-order valence-electron chi connectivity index (χ3n) is 2.59. The highest BCUT2D eigenvalue weighted by molar-refractivity contribution is 5.64. The molecule has 1 unspecified atom stereocenters. The number of nitrogens with two attached hydrogens (primary N) is 1. The zero-order valence-corrected chi connectivity index (χ0v) is 7.45. The molecule has 13 heavy (non-hydrogen) atoms. The lowest BCUT2D eigenvalue weighted by atomic mass is 9.91. The minimum absolute atomic E-state index is 0.139. The Hall–Kier alpha value is -0.840. The Bertz CT molecular complexity index is 181. The summed E-state index contributed by atoms with van der Waals surface area (Å²) in [5, 5.41) is 8.64. The van der Waals surface area contributed by atoms with Crippen molar-refractivity contribution in [2.45, 2.75) is 18.9 Å². The average Bonchev–Trinajstić information content (AvgIpc) is 2.17. The van der Waals surface area contributed by atoms with Crippen LogP contribution in [-0.4, -0.2) is 41.9 Å². The van der Waals surface area contributed by atoms with E-state index in [2.05, 4.69) is 0 Å². The second kappa shape index (κ2) is 4.41. The molecule has 0 aromatic heterocycles. The van der Waals surface area contributed by atoms with Gasteiger partial charge in [0.15, 0.2) is 0 Å². The van der Waals surface area contributed by atoms with Gasteiger partial charge in [0.05, 0.1) is 0 Å². The van der Waals surface area contributed by atoms with E-state index in [-0.39, 0.29) is 5.92 Å². The van der Waals surface area contributed by atoms with Crippen molar-refractivity contribution in [2.24, 2.45) is 11.7 Å². The first-order valence-corrected chi connectivity index (χ1v) is 4.44. The number of rotatable bonds is 2. The number of alkyl halides is 1. The van der Waals surface area contributed by atoms with Crippen LogP contribution in [0.15, 0.2) is 0 Å². The molecule has 0 aromatic carbocycles. The van der Waals surface area contributed by atoms with Crippen LogP contribution < -0.4 is 5.73 Å². The van der Waals surface area contributed by atoms with E-state index in [0.717, 1.165) is 0 Å². The minimum atomic E-state index is -0.896. The fraction of sp³-hybridized carbons (Fsp3) is 0.875. The van der Waals surface area contributed by atoms with Gasteiger partial charge in [0.1, 0.15) is 6.67 Å². The van der Waals surface area contributed by atoms with Gasteiger partial charge in [-0.3, -0.25) is 0 Å². The van der Waals surface area contributed by atoms with Crippen LogP contribution in [0.5, 0.6) is 0 Å². The van der Waals surface area contributed by atoms with Gasteiger partial charge in [0.25, 0.3) is 0 Å². The third kappa shape index (κ3) is 2.55. The number of halogens is 1. The van der Waals surface area contributed by atoms with Gasteiger partial charge in [-0.25, -0.2) is 9.18 Å². The van der Waals surface area contributed by atoms with Crippen molar-refractivity contribution in [2.75, 3.05) is 19.8 Å². The SMILES string of the molecule is NC(CF)C1CCN(C(=O)O)CC1. The van der Waals surface area contributed by atoms with Crippen molar-refractivity contribution in [3.05, 3.63) is 0 Å². The first-order valence-electron chi connectivity index (χ1n) is 4.44. The molecular weight excluding hydrogens is 175 g/mol. The maximum atomic E-state index is 12.2. The van der Waals surface area contributed by atoms with Crippen LogP contribution in [0, 0.1) is 5.92 Å². The van der Waals surface area contributed by atoms with Crippen LogP contribution in [0.3, 0.4) is 0 Å². The molecule has 76 valence electrons. The lowest BCUT2D eigenvalue weighted by molar-refractivity contribution is 0.117. The second-order valence-corrected chi connectivity index (χ2v) is 3.43. The molecule has 1 amide bonds. The molecule has 1 heterocycles. The number of hydrogen-bond acceptors (Lipinski definition) is 2. The van der Waals surface area contributed by atoms with E-state index in [1.165, 1.54) is 4.90 Å². The standard InChI is InChI=1S/C8H15FN2O2/c9-5-7(10)6-1-3-11(4-2-6)8(12)13/h6-7H,1-5,10H2,(H,12,13). The number of piperidine rings is 1. The predicted molar refractivity (Wildman–Crippen MR) is 46.3 cm³/mol. The van der Waals surface area contributed by atoms with Crippen LogP contribution in [0.1, 0.15) is 12.8 Å². The van der Waals surface area contributed by atoms with Crippen molar-refractivity contribution in [3.8, 4) is 0 Å². The number of nitrogens with zero attached hydrogens (tertiary/aromatic N) is 1. The molecule has 1 aliphatic rings. The summed E-state index contributed by atoms with van der Waals surface area (Å²) in [6.07, 6.45) is 0.460. The number of carboxylic acid groups (broad SMARTS) is 1. The van der Waals surface area contributed by atoms with Gasteiger partial charge in [-0.2, -0.15) is 0 Å². The van der Waals surface area contributed by atoms with Crippen LogP contribution >= 0.6 is 0 Å². The molecule has 0 aromatic rings. The van der Waals surface area contributed by atoms with E-state index in [4.69, 9.17) is 10.8 Å². The Kier molecular flexibility index (Phi) is 3.48. The highest BCUT2D eigenvalue weighted by atomic mass is 19.1. The highest BCUT2D eigenvalue weighted by Gasteiger charge is 2.26. The summed E-state index contributed by atoms with van der Waals surface area (Å²) in [6, 6.07) is -0.420. The zero-order valence-electron chi connectivity index (χ0n) is 7.45. The molecule has 1 saturated heterocycles. The fourth-order valence-electron chi connectivity index (χ4n) is 1.64. The molecule has 0 radical (unpaired) electrons. The first kappa shape index (κ1) is 10.2. The molecule has 4 nitrogen and oxygen atoms in total. The van der Waals surface area contributed by atoms with Crippen LogP contribution in [0.2, 0.25) is 0 Å². The quantitative estimate of drug-likeness (QED) is 0.672. The Balaban J connectivity index is 2.34. The number of carbonyl (C=O) groups is 1. The molecular formula is C8H15FN2O2. The second-order valence-electron chi connectivity index (χ2n) is 3.43. The molecule has 1 fully saturated rings. The molecule has 0 saturated carbocycles. The molecule has 0 bridgehead atoms. The van der Waals surface area contributed by atoms with Gasteiger partial charge in [-0.05, 0) is 18.8 Å².